The smallest absolute Gasteiger partial charge is 0.147 e. The van der Waals surface area contributed by atoms with Crippen LogP contribution >= 0.6 is 23.2 Å². The molecule has 1 atom stereocenters. The Hall–Kier alpha value is -1.29. The molecule has 2 aromatic carbocycles. The summed E-state index contributed by atoms with van der Waals surface area (Å²) in [6, 6.07) is 9.04. The van der Waals surface area contributed by atoms with Gasteiger partial charge in [-0.3, -0.25) is 0 Å². The molecule has 0 spiro atoms. The van der Waals surface area contributed by atoms with Gasteiger partial charge in [-0.25, -0.2) is 4.39 Å². The molecule has 0 fully saturated rings. The van der Waals surface area contributed by atoms with Crippen LogP contribution in [0.5, 0.6) is 11.5 Å². The standard InChI is InChI=1S/C14H12Cl2FNO/c1-8(18)13-10(17)5-3-6-11(13)19-12-7-2-4-9(15)14(12)16/h2-8H,18H2,1H3/t8-/m1/s1. The van der Waals surface area contributed by atoms with Crippen LogP contribution in [0.15, 0.2) is 36.4 Å². The fourth-order valence-corrected chi connectivity index (χ4v) is 2.06. The number of nitrogens with two attached hydrogens (primary N) is 1. The molecule has 0 bridgehead atoms. The molecule has 2 nitrogen and oxygen atoms in total. The van der Waals surface area contributed by atoms with Gasteiger partial charge >= 0.3 is 0 Å². The summed E-state index contributed by atoms with van der Waals surface area (Å²) in [6.45, 7) is 1.69. The lowest BCUT2D eigenvalue weighted by Gasteiger charge is -2.15. The van der Waals surface area contributed by atoms with E-state index in [1.807, 2.05) is 0 Å². The fraction of sp³-hybridized carbons (Fsp3) is 0.143. The van der Waals surface area contributed by atoms with Gasteiger partial charge in [-0.15, -0.1) is 0 Å². The zero-order valence-electron chi connectivity index (χ0n) is 10.2. The van der Waals surface area contributed by atoms with Crippen LogP contribution in [0.25, 0.3) is 0 Å². The average molecular weight is 300 g/mol. The van der Waals surface area contributed by atoms with Gasteiger partial charge in [0.25, 0.3) is 0 Å². The second-order valence-corrected chi connectivity index (χ2v) is 4.88. The monoisotopic (exact) mass is 299 g/mol. The van der Waals surface area contributed by atoms with Crippen molar-refractivity contribution in [1.82, 2.24) is 0 Å². The van der Waals surface area contributed by atoms with Crippen molar-refractivity contribution in [1.29, 1.82) is 0 Å². The average Bonchev–Trinajstić information content (AvgIpc) is 2.34. The van der Waals surface area contributed by atoms with Gasteiger partial charge in [0.2, 0.25) is 0 Å². The molecule has 100 valence electrons. The number of hydrogen-bond acceptors (Lipinski definition) is 2. The highest BCUT2D eigenvalue weighted by atomic mass is 35.5. The van der Waals surface area contributed by atoms with E-state index in [-0.39, 0.29) is 5.02 Å². The third kappa shape index (κ3) is 3.00. The molecule has 0 saturated heterocycles. The SMILES string of the molecule is C[C@@H](N)c1c(F)cccc1Oc1cccc(Cl)c1Cl. The van der Waals surface area contributed by atoms with Gasteiger partial charge in [-0.05, 0) is 31.2 Å². The topological polar surface area (TPSA) is 35.2 Å². The van der Waals surface area contributed by atoms with Crippen molar-refractivity contribution in [2.45, 2.75) is 13.0 Å². The van der Waals surface area contributed by atoms with E-state index in [2.05, 4.69) is 0 Å². The van der Waals surface area contributed by atoms with Gasteiger partial charge in [-0.1, -0.05) is 35.3 Å². The van der Waals surface area contributed by atoms with E-state index in [0.29, 0.717) is 22.1 Å². The maximum Gasteiger partial charge on any atom is 0.147 e. The van der Waals surface area contributed by atoms with Crippen molar-refractivity contribution in [2.24, 2.45) is 5.73 Å². The van der Waals surface area contributed by atoms with Crippen molar-refractivity contribution in [3.63, 3.8) is 0 Å². The number of halogens is 3. The normalized spacial score (nSPS) is 12.3. The minimum Gasteiger partial charge on any atom is -0.455 e. The molecule has 19 heavy (non-hydrogen) atoms. The number of rotatable bonds is 3. The molecule has 2 rings (SSSR count). The van der Waals surface area contributed by atoms with Crippen LogP contribution < -0.4 is 10.5 Å². The van der Waals surface area contributed by atoms with E-state index in [9.17, 15) is 4.39 Å². The van der Waals surface area contributed by atoms with Crippen molar-refractivity contribution in [3.8, 4) is 11.5 Å². The molecule has 2 N–H and O–H groups in total. The fourth-order valence-electron chi connectivity index (χ4n) is 1.73. The highest BCUT2D eigenvalue weighted by Gasteiger charge is 2.15. The number of benzene rings is 2. The number of ether oxygens (including phenoxy) is 1. The highest BCUT2D eigenvalue weighted by Crippen LogP contribution is 2.37. The van der Waals surface area contributed by atoms with Gasteiger partial charge in [0.15, 0.2) is 0 Å². The lowest BCUT2D eigenvalue weighted by atomic mass is 10.1. The third-order valence-electron chi connectivity index (χ3n) is 2.60. The maximum absolute atomic E-state index is 13.8. The summed E-state index contributed by atoms with van der Waals surface area (Å²) in [4.78, 5) is 0. The van der Waals surface area contributed by atoms with Crippen molar-refractivity contribution >= 4 is 23.2 Å². The molecule has 0 aromatic heterocycles. The molecule has 0 saturated carbocycles. The van der Waals surface area contributed by atoms with E-state index in [4.69, 9.17) is 33.7 Å². The predicted molar refractivity (Wildman–Crippen MR) is 75.5 cm³/mol. The van der Waals surface area contributed by atoms with Crippen molar-refractivity contribution < 1.29 is 9.13 Å². The van der Waals surface area contributed by atoms with Crippen LogP contribution in [0.4, 0.5) is 4.39 Å². The summed E-state index contributed by atoms with van der Waals surface area (Å²) in [5.74, 6) is 0.284. The van der Waals surface area contributed by atoms with Gasteiger partial charge < -0.3 is 10.5 Å². The predicted octanol–water partition coefficient (Wildman–Crippen LogP) is 4.94. The van der Waals surface area contributed by atoms with Crippen LogP contribution in [-0.2, 0) is 0 Å². The molecule has 0 unspecified atom stereocenters. The Bertz CT molecular complexity index is 602. The lowest BCUT2D eigenvalue weighted by molar-refractivity contribution is 0.461. The van der Waals surface area contributed by atoms with Gasteiger partial charge in [0.1, 0.15) is 22.3 Å². The van der Waals surface area contributed by atoms with Crippen LogP contribution in [0.1, 0.15) is 18.5 Å². The Morgan fingerprint density at radius 1 is 1.11 bits per heavy atom. The minimum absolute atomic E-state index is 0.282. The van der Waals surface area contributed by atoms with Crippen LogP contribution in [0.2, 0.25) is 10.0 Å². The Morgan fingerprint density at radius 3 is 2.42 bits per heavy atom. The molecule has 0 heterocycles. The Morgan fingerprint density at radius 2 is 1.74 bits per heavy atom. The molecular weight excluding hydrogens is 288 g/mol. The van der Waals surface area contributed by atoms with Crippen LogP contribution in [0, 0.1) is 5.82 Å². The van der Waals surface area contributed by atoms with E-state index in [1.54, 1.807) is 37.3 Å². The van der Waals surface area contributed by atoms with Crippen LogP contribution in [0.3, 0.4) is 0 Å². The van der Waals surface area contributed by atoms with E-state index >= 15 is 0 Å². The first-order valence-electron chi connectivity index (χ1n) is 5.66. The second-order valence-electron chi connectivity index (χ2n) is 4.09. The largest absolute Gasteiger partial charge is 0.455 e. The molecule has 0 amide bonds. The zero-order chi connectivity index (χ0) is 14.0. The minimum atomic E-state index is -0.492. The molecular formula is C14H12Cl2FNO. The maximum atomic E-state index is 13.8. The molecule has 0 radical (unpaired) electrons. The van der Waals surface area contributed by atoms with E-state index in [0.717, 1.165) is 0 Å². The zero-order valence-corrected chi connectivity index (χ0v) is 11.7. The van der Waals surface area contributed by atoms with Crippen LogP contribution in [-0.4, -0.2) is 0 Å². The molecule has 5 heteroatoms. The lowest BCUT2D eigenvalue weighted by Crippen LogP contribution is -2.09. The van der Waals surface area contributed by atoms with Gasteiger partial charge in [-0.2, -0.15) is 0 Å². The first-order valence-corrected chi connectivity index (χ1v) is 6.42. The Kier molecular flexibility index (Phi) is 4.30. The summed E-state index contributed by atoms with van der Waals surface area (Å²) in [5.41, 5.74) is 6.06. The molecule has 0 aliphatic carbocycles. The molecule has 2 aromatic rings. The van der Waals surface area contributed by atoms with E-state index < -0.39 is 11.9 Å². The summed E-state index contributed by atoms with van der Waals surface area (Å²) in [6.07, 6.45) is 0. The Balaban J connectivity index is 2.44. The van der Waals surface area contributed by atoms with E-state index in [1.165, 1.54) is 6.07 Å². The molecule has 0 aliphatic heterocycles. The van der Waals surface area contributed by atoms with Gasteiger partial charge in [0.05, 0.1) is 5.02 Å². The molecule has 0 aliphatic rings. The third-order valence-corrected chi connectivity index (χ3v) is 3.41. The first-order chi connectivity index (χ1) is 9.00. The van der Waals surface area contributed by atoms with Gasteiger partial charge in [0, 0.05) is 11.6 Å². The van der Waals surface area contributed by atoms with Crippen molar-refractivity contribution in [3.05, 3.63) is 57.8 Å². The highest BCUT2D eigenvalue weighted by molar-refractivity contribution is 6.42. The second kappa shape index (κ2) is 5.78. The first kappa shape index (κ1) is 14.1. The summed E-state index contributed by atoms with van der Waals surface area (Å²) in [5, 5.41) is 0.655. The quantitative estimate of drug-likeness (QED) is 0.871. The summed E-state index contributed by atoms with van der Waals surface area (Å²) < 4.78 is 19.4. The Labute approximate surface area is 120 Å². The summed E-state index contributed by atoms with van der Waals surface area (Å²) in [7, 11) is 0. The number of hydrogen-bond donors (Lipinski definition) is 1. The summed E-state index contributed by atoms with van der Waals surface area (Å²) >= 11 is 11.9. The van der Waals surface area contributed by atoms with Crippen molar-refractivity contribution in [2.75, 3.05) is 0 Å².